The van der Waals surface area contributed by atoms with Crippen LogP contribution in [-0.2, 0) is 6.42 Å². The molecule has 7 heteroatoms. The molecule has 1 aliphatic rings. The molecule has 0 atom stereocenters. The molecule has 0 saturated heterocycles. The molecule has 1 aliphatic heterocycles. The van der Waals surface area contributed by atoms with Gasteiger partial charge in [0.05, 0.1) is 6.20 Å². The number of anilines is 1. The standard InChI is InChI=1S/C21H18N6O/c1-14-8-9-15(20-24-19-7-3-5-11-27(19)25-20)12-16(14)23-21(28)17-13-22-18-6-2-4-10-26(17)18/h2,4-6,8-13H,3,7H2,1H3,(H,23,28). The van der Waals surface area contributed by atoms with Crippen LogP contribution in [0.1, 0.15) is 28.3 Å². The zero-order valence-electron chi connectivity index (χ0n) is 15.3. The van der Waals surface area contributed by atoms with E-state index >= 15 is 0 Å². The number of fused-ring (bicyclic) bond motifs is 2. The molecule has 5 rings (SSSR count). The minimum absolute atomic E-state index is 0.209. The predicted molar refractivity (Wildman–Crippen MR) is 107 cm³/mol. The molecule has 0 spiro atoms. The van der Waals surface area contributed by atoms with E-state index in [4.69, 9.17) is 0 Å². The first-order valence-corrected chi connectivity index (χ1v) is 9.15. The topological polar surface area (TPSA) is 77.1 Å². The number of nitrogens with zero attached hydrogens (tertiary/aromatic N) is 5. The number of hydrogen-bond donors (Lipinski definition) is 1. The zero-order chi connectivity index (χ0) is 19.1. The Hall–Kier alpha value is -3.74. The van der Waals surface area contributed by atoms with Gasteiger partial charge in [0.15, 0.2) is 5.82 Å². The van der Waals surface area contributed by atoms with Gasteiger partial charge >= 0.3 is 0 Å². The van der Waals surface area contributed by atoms with E-state index in [9.17, 15) is 4.79 Å². The van der Waals surface area contributed by atoms with E-state index in [1.165, 1.54) is 0 Å². The van der Waals surface area contributed by atoms with Gasteiger partial charge in [0.1, 0.15) is 17.2 Å². The minimum Gasteiger partial charge on any atom is -0.320 e. The molecule has 0 fully saturated rings. The third-order valence-electron chi connectivity index (χ3n) is 4.88. The third-order valence-corrected chi connectivity index (χ3v) is 4.88. The highest BCUT2D eigenvalue weighted by Crippen LogP contribution is 2.25. The lowest BCUT2D eigenvalue weighted by Crippen LogP contribution is -2.15. The van der Waals surface area contributed by atoms with E-state index < -0.39 is 0 Å². The minimum atomic E-state index is -0.209. The van der Waals surface area contributed by atoms with Crippen molar-refractivity contribution in [3.05, 3.63) is 71.9 Å². The van der Waals surface area contributed by atoms with Crippen LogP contribution < -0.4 is 5.32 Å². The normalized spacial score (nSPS) is 12.9. The number of allylic oxidation sites excluding steroid dienone is 1. The Morgan fingerprint density at radius 1 is 1.21 bits per heavy atom. The van der Waals surface area contributed by atoms with Crippen molar-refractivity contribution in [3.8, 4) is 11.4 Å². The first-order chi connectivity index (χ1) is 13.7. The van der Waals surface area contributed by atoms with E-state index in [0.29, 0.717) is 11.5 Å². The number of pyridine rings is 1. The van der Waals surface area contributed by atoms with Crippen molar-refractivity contribution < 1.29 is 4.79 Å². The SMILES string of the molecule is Cc1ccc(-c2nc3n(n2)C=CCC3)cc1NC(=O)c1cnc2ccccn12. The second-order valence-electron chi connectivity index (χ2n) is 6.78. The first kappa shape index (κ1) is 16.4. The van der Waals surface area contributed by atoms with Gasteiger partial charge in [-0.05, 0) is 37.1 Å². The number of rotatable bonds is 3. The Morgan fingerprint density at radius 2 is 2.14 bits per heavy atom. The second-order valence-corrected chi connectivity index (χ2v) is 6.78. The Labute approximate surface area is 161 Å². The summed E-state index contributed by atoms with van der Waals surface area (Å²) in [7, 11) is 0. The zero-order valence-corrected chi connectivity index (χ0v) is 15.3. The number of hydrogen-bond acceptors (Lipinski definition) is 4. The number of amides is 1. The number of aromatic nitrogens is 5. The molecular formula is C21H18N6O. The number of nitrogens with one attached hydrogen (secondary N) is 1. The fourth-order valence-electron chi connectivity index (χ4n) is 3.34. The maximum atomic E-state index is 12.8. The summed E-state index contributed by atoms with van der Waals surface area (Å²) in [6, 6.07) is 11.5. The molecule has 1 N–H and O–H groups in total. The fraction of sp³-hybridized carbons (Fsp3) is 0.143. The van der Waals surface area contributed by atoms with E-state index in [1.54, 1.807) is 10.6 Å². The fourth-order valence-corrected chi connectivity index (χ4v) is 3.34. The van der Waals surface area contributed by atoms with Gasteiger partial charge in [-0.3, -0.25) is 9.20 Å². The summed E-state index contributed by atoms with van der Waals surface area (Å²) in [4.78, 5) is 21.7. The van der Waals surface area contributed by atoms with Crippen molar-refractivity contribution >= 4 is 23.4 Å². The van der Waals surface area contributed by atoms with Gasteiger partial charge in [0.25, 0.3) is 5.91 Å². The summed E-state index contributed by atoms with van der Waals surface area (Å²) in [6.45, 7) is 1.96. The second kappa shape index (κ2) is 6.45. The third kappa shape index (κ3) is 2.77. The predicted octanol–water partition coefficient (Wildman–Crippen LogP) is 3.57. The van der Waals surface area contributed by atoms with Crippen LogP contribution in [0.15, 0.2) is 54.9 Å². The first-order valence-electron chi connectivity index (χ1n) is 9.15. The molecule has 1 amide bonds. The number of imidazole rings is 1. The highest BCUT2D eigenvalue weighted by molar-refractivity contribution is 6.04. The van der Waals surface area contributed by atoms with Crippen LogP contribution in [0, 0.1) is 6.92 Å². The summed E-state index contributed by atoms with van der Waals surface area (Å²) in [5.41, 5.74) is 3.79. The largest absolute Gasteiger partial charge is 0.320 e. The molecule has 3 aromatic heterocycles. The van der Waals surface area contributed by atoms with E-state index in [1.807, 2.05) is 60.4 Å². The Morgan fingerprint density at radius 3 is 3.04 bits per heavy atom. The number of benzene rings is 1. The monoisotopic (exact) mass is 370 g/mol. The summed E-state index contributed by atoms with van der Waals surface area (Å²) in [5.74, 6) is 1.40. The summed E-state index contributed by atoms with van der Waals surface area (Å²) >= 11 is 0. The molecule has 0 saturated carbocycles. The van der Waals surface area contributed by atoms with Gasteiger partial charge in [-0.1, -0.05) is 24.3 Å². The average Bonchev–Trinajstić information content (AvgIpc) is 3.33. The Bertz CT molecular complexity index is 1230. The Kier molecular flexibility index (Phi) is 3.79. The lowest BCUT2D eigenvalue weighted by Gasteiger charge is -2.09. The van der Waals surface area contributed by atoms with E-state index in [-0.39, 0.29) is 5.91 Å². The van der Waals surface area contributed by atoms with Crippen LogP contribution in [0.5, 0.6) is 0 Å². The van der Waals surface area contributed by atoms with Gasteiger partial charge in [0.2, 0.25) is 0 Å². The maximum Gasteiger partial charge on any atom is 0.274 e. The van der Waals surface area contributed by atoms with Crippen LogP contribution in [0.25, 0.3) is 23.2 Å². The average molecular weight is 370 g/mol. The maximum absolute atomic E-state index is 12.8. The summed E-state index contributed by atoms with van der Waals surface area (Å²) < 4.78 is 3.58. The molecule has 7 nitrogen and oxygen atoms in total. The smallest absolute Gasteiger partial charge is 0.274 e. The molecule has 0 aliphatic carbocycles. The molecule has 4 heterocycles. The van der Waals surface area contributed by atoms with Gasteiger partial charge in [-0.25, -0.2) is 14.6 Å². The van der Waals surface area contributed by atoms with Crippen molar-refractivity contribution in [2.45, 2.75) is 19.8 Å². The van der Waals surface area contributed by atoms with Crippen molar-refractivity contribution in [1.82, 2.24) is 24.1 Å². The van der Waals surface area contributed by atoms with Crippen molar-refractivity contribution in [2.75, 3.05) is 5.32 Å². The summed E-state index contributed by atoms with van der Waals surface area (Å²) in [6.07, 6.45) is 9.30. The van der Waals surface area contributed by atoms with E-state index in [0.717, 1.165) is 41.1 Å². The molecule has 28 heavy (non-hydrogen) atoms. The highest BCUT2D eigenvalue weighted by atomic mass is 16.1. The molecule has 138 valence electrons. The molecular weight excluding hydrogens is 352 g/mol. The van der Waals surface area contributed by atoms with Gasteiger partial charge in [-0.2, -0.15) is 0 Å². The van der Waals surface area contributed by atoms with Gasteiger partial charge in [0, 0.05) is 30.1 Å². The van der Waals surface area contributed by atoms with Crippen LogP contribution in [-0.4, -0.2) is 30.1 Å². The Balaban J connectivity index is 1.47. The van der Waals surface area contributed by atoms with Crippen LogP contribution in [0.2, 0.25) is 0 Å². The number of carbonyl (C=O) groups is 1. The van der Waals surface area contributed by atoms with E-state index in [2.05, 4.69) is 26.5 Å². The van der Waals surface area contributed by atoms with Gasteiger partial charge < -0.3 is 5.32 Å². The molecule has 0 unspecified atom stereocenters. The summed E-state index contributed by atoms with van der Waals surface area (Å²) in [5, 5.41) is 7.55. The number of carbonyl (C=O) groups excluding carboxylic acids is 1. The van der Waals surface area contributed by atoms with Gasteiger partial charge in [-0.15, -0.1) is 5.10 Å². The quantitative estimate of drug-likeness (QED) is 0.598. The van der Waals surface area contributed by atoms with Crippen LogP contribution in [0.3, 0.4) is 0 Å². The van der Waals surface area contributed by atoms with Crippen molar-refractivity contribution in [2.24, 2.45) is 0 Å². The van der Waals surface area contributed by atoms with Crippen molar-refractivity contribution in [1.29, 1.82) is 0 Å². The highest BCUT2D eigenvalue weighted by Gasteiger charge is 2.16. The van der Waals surface area contributed by atoms with Crippen LogP contribution >= 0.6 is 0 Å². The molecule has 0 radical (unpaired) electrons. The number of aryl methyl sites for hydroxylation is 2. The molecule has 4 aromatic rings. The lowest BCUT2D eigenvalue weighted by molar-refractivity contribution is 0.102. The molecule has 1 aromatic carbocycles. The van der Waals surface area contributed by atoms with Crippen LogP contribution in [0.4, 0.5) is 5.69 Å². The van der Waals surface area contributed by atoms with Crippen molar-refractivity contribution in [3.63, 3.8) is 0 Å². The lowest BCUT2D eigenvalue weighted by atomic mass is 10.1. The molecule has 0 bridgehead atoms.